The Morgan fingerprint density at radius 3 is 2.09 bits per heavy atom. The molecule has 3 heteroatoms. The first-order valence-electron chi connectivity index (χ1n) is 11.0. The number of hydrogen-bond donors (Lipinski definition) is 0. The van der Waals surface area contributed by atoms with E-state index in [9.17, 15) is 4.79 Å². The molecule has 33 heavy (non-hydrogen) atoms. The molecule has 0 fully saturated rings. The number of fused-ring (bicyclic) bond motifs is 4. The third kappa shape index (κ3) is 2.56. The lowest BCUT2D eigenvalue weighted by Crippen LogP contribution is -2.13. The summed E-state index contributed by atoms with van der Waals surface area (Å²) < 4.78 is 1.77. The van der Waals surface area contributed by atoms with Gasteiger partial charge in [0.15, 0.2) is 0 Å². The maximum absolute atomic E-state index is 13.7. The van der Waals surface area contributed by atoms with Gasteiger partial charge in [-0.1, -0.05) is 84.9 Å². The van der Waals surface area contributed by atoms with Gasteiger partial charge in [0.05, 0.1) is 11.0 Å². The predicted octanol–water partition coefficient (Wildman–Crippen LogP) is 6.93. The maximum atomic E-state index is 13.7. The lowest BCUT2D eigenvalue weighted by atomic mass is 9.94. The van der Waals surface area contributed by atoms with Crippen molar-refractivity contribution in [1.29, 1.82) is 0 Å². The number of rotatable bonds is 2. The third-order valence-electron chi connectivity index (χ3n) is 6.56. The second kappa shape index (κ2) is 6.75. The Morgan fingerprint density at radius 1 is 0.576 bits per heavy atom. The van der Waals surface area contributed by atoms with Gasteiger partial charge in [-0.3, -0.25) is 9.20 Å². The topological polar surface area (TPSA) is 34.4 Å². The Morgan fingerprint density at radius 2 is 1.30 bits per heavy atom. The molecular weight excluding hydrogens is 404 g/mol. The Kier molecular flexibility index (Phi) is 3.70. The molecule has 0 aliphatic rings. The minimum Gasteiger partial charge on any atom is -0.268 e. The highest BCUT2D eigenvalue weighted by Crippen LogP contribution is 2.36. The molecule has 0 saturated carbocycles. The first-order chi connectivity index (χ1) is 16.3. The predicted molar refractivity (Wildman–Crippen MR) is 136 cm³/mol. The van der Waals surface area contributed by atoms with E-state index in [0.717, 1.165) is 54.8 Å². The smallest absolute Gasteiger partial charge is 0.264 e. The minimum absolute atomic E-state index is 0.0247. The van der Waals surface area contributed by atoms with Crippen molar-refractivity contribution in [2.45, 2.75) is 0 Å². The van der Waals surface area contributed by atoms with E-state index >= 15 is 0 Å². The number of aromatic nitrogens is 2. The highest BCUT2D eigenvalue weighted by molar-refractivity contribution is 6.19. The van der Waals surface area contributed by atoms with Gasteiger partial charge in [-0.05, 0) is 51.9 Å². The van der Waals surface area contributed by atoms with Crippen LogP contribution in [0.1, 0.15) is 0 Å². The Labute approximate surface area is 189 Å². The van der Waals surface area contributed by atoms with Gasteiger partial charge < -0.3 is 0 Å². The summed E-state index contributed by atoms with van der Waals surface area (Å²) in [6, 6.07) is 37.0. The van der Waals surface area contributed by atoms with Crippen LogP contribution in [-0.2, 0) is 0 Å². The van der Waals surface area contributed by atoms with Crippen molar-refractivity contribution in [3.63, 3.8) is 0 Å². The van der Waals surface area contributed by atoms with Gasteiger partial charge >= 0.3 is 0 Å². The van der Waals surface area contributed by atoms with Gasteiger partial charge in [-0.2, -0.15) is 0 Å². The van der Waals surface area contributed by atoms with E-state index in [1.54, 1.807) is 4.40 Å². The van der Waals surface area contributed by atoms with Crippen LogP contribution in [-0.4, -0.2) is 9.38 Å². The van der Waals surface area contributed by atoms with Crippen LogP contribution in [0, 0.1) is 0 Å². The van der Waals surface area contributed by atoms with E-state index in [1.165, 1.54) is 0 Å². The van der Waals surface area contributed by atoms with Crippen molar-refractivity contribution in [3.05, 3.63) is 120 Å². The third-order valence-corrected chi connectivity index (χ3v) is 6.56. The molecule has 5 aromatic carbocycles. The maximum Gasteiger partial charge on any atom is 0.264 e. The summed E-state index contributed by atoms with van der Waals surface area (Å²) in [5, 5.41) is 3.78. The summed E-state index contributed by atoms with van der Waals surface area (Å²) in [5.74, 6) is 0. The molecule has 7 aromatic rings. The van der Waals surface area contributed by atoms with Gasteiger partial charge in [0.2, 0.25) is 0 Å². The zero-order valence-corrected chi connectivity index (χ0v) is 17.7. The first-order valence-corrected chi connectivity index (χ1v) is 11.0. The van der Waals surface area contributed by atoms with Crippen LogP contribution < -0.4 is 5.56 Å². The normalized spacial score (nSPS) is 11.8. The molecule has 0 amide bonds. The Hall–Kier alpha value is -4.50. The minimum atomic E-state index is -0.0247. The molecule has 0 saturated heterocycles. The van der Waals surface area contributed by atoms with Crippen LogP contribution in [0.5, 0.6) is 0 Å². The molecule has 154 valence electrons. The van der Waals surface area contributed by atoms with Crippen LogP contribution in [0.3, 0.4) is 0 Å². The molecule has 0 atom stereocenters. The van der Waals surface area contributed by atoms with Crippen molar-refractivity contribution in [3.8, 4) is 22.3 Å². The Bertz CT molecular complexity index is 1870. The lowest BCUT2D eigenvalue weighted by molar-refractivity contribution is 1.19. The van der Waals surface area contributed by atoms with Gasteiger partial charge in [-0.15, -0.1) is 0 Å². The fraction of sp³-hybridized carbons (Fsp3) is 0. The van der Waals surface area contributed by atoms with Crippen LogP contribution in [0.25, 0.3) is 60.5 Å². The van der Waals surface area contributed by atoms with E-state index < -0.39 is 0 Å². The Balaban J connectivity index is 1.59. The monoisotopic (exact) mass is 422 g/mol. The summed E-state index contributed by atoms with van der Waals surface area (Å²) in [5.41, 5.74) is 6.84. The summed E-state index contributed by atoms with van der Waals surface area (Å²) in [6.45, 7) is 0. The molecule has 7 rings (SSSR count). The van der Waals surface area contributed by atoms with Crippen molar-refractivity contribution < 1.29 is 0 Å². The molecule has 0 bridgehead atoms. The second-order valence-electron chi connectivity index (χ2n) is 8.40. The van der Waals surface area contributed by atoms with Crippen molar-refractivity contribution in [2.75, 3.05) is 0 Å². The molecule has 3 nitrogen and oxygen atoms in total. The van der Waals surface area contributed by atoms with Crippen LogP contribution >= 0.6 is 0 Å². The number of imidazole rings is 1. The zero-order chi connectivity index (χ0) is 21.9. The van der Waals surface area contributed by atoms with Crippen LogP contribution in [0.15, 0.2) is 114 Å². The van der Waals surface area contributed by atoms with E-state index in [-0.39, 0.29) is 5.56 Å². The average Bonchev–Trinajstić information content (AvgIpc) is 3.27. The van der Waals surface area contributed by atoms with E-state index in [4.69, 9.17) is 4.98 Å². The standard InChI is InChI=1S/C30H18N2O/c33-30-25-13-7-12-23-22(20-10-5-2-6-11-20)15-16-24(28(23)25)29-31-26-18-21(14-17-27(26)32(29)30)19-8-3-1-4-9-19/h1-18H. The van der Waals surface area contributed by atoms with Gasteiger partial charge in [0.25, 0.3) is 5.56 Å². The van der Waals surface area contributed by atoms with Gasteiger partial charge in [0.1, 0.15) is 5.65 Å². The van der Waals surface area contributed by atoms with Crippen molar-refractivity contribution >= 4 is 38.2 Å². The number of benzene rings is 5. The van der Waals surface area contributed by atoms with Crippen LogP contribution in [0.4, 0.5) is 0 Å². The molecule has 0 spiro atoms. The second-order valence-corrected chi connectivity index (χ2v) is 8.40. The summed E-state index contributed by atoms with van der Waals surface area (Å²) in [7, 11) is 0. The molecule has 0 N–H and O–H groups in total. The van der Waals surface area contributed by atoms with E-state index in [0.29, 0.717) is 5.65 Å². The molecule has 0 aliphatic carbocycles. The van der Waals surface area contributed by atoms with Crippen molar-refractivity contribution in [1.82, 2.24) is 9.38 Å². The molecular formula is C30H18N2O. The lowest BCUT2D eigenvalue weighted by Gasteiger charge is -2.11. The summed E-state index contributed by atoms with van der Waals surface area (Å²) >= 11 is 0. The zero-order valence-electron chi connectivity index (χ0n) is 17.7. The first kappa shape index (κ1) is 18.1. The summed E-state index contributed by atoms with van der Waals surface area (Å²) in [6.07, 6.45) is 0. The average molecular weight is 422 g/mol. The fourth-order valence-corrected chi connectivity index (χ4v) is 5.04. The molecule has 2 aromatic heterocycles. The van der Waals surface area contributed by atoms with Gasteiger partial charge in [-0.25, -0.2) is 4.98 Å². The van der Waals surface area contributed by atoms with E-state index in [2.05, 4.69) is 54.6 Å². The summed E-state index contributed by atoms with van der Waals surface area (Å²) in [4.78, 5) is 18.7. The van der Waals surface area contributed by atoms with Crippen molar-refractivity contribution in [2.24, 2.45) is 0 Å². The van der Waals surface area contributed by atoms with Gasteiger partial charge in [0, 0.05) is 16.2 Å². The number of pyridine rings is 1. The number of nitrogens with zero attached hydrogens (tertiary/aromatic N) is 2. The quantitative estimate of drug-likeness (QED) is 0.303. The van der Waals surface area contributed by atoms with Crippen LogP contribution in [0.2, 0.25) is 0 Å². The van der Waals surface area contributed by atoms with E-state index in [1.807, 2.05) is 54.6 Å². The highest BCUT2D eigenvalue weighted by atomic mass is 16.1. The number of hydrogen-bond acceptors (Lipinski definition) is 2. The molecule has 2 heterocycles. The SMILES string of the molecule is O=c1c2cccc3c(-c4ccccc4)ccc(c32)c2nc3cc(-c4ccccc4)ccc3n12. The largest absolute Gasteiger partial charge is 0.268 e. The molecule has 0 aliphatic heterocycles. The molecule has 0 unspecified atom stereocenters. The fourth-order valence-electron chi connectivity index (χ4n) is 5.04. The molecule has 0 radical (unpaired) electrons. The highest BCUT2D eigenvalue weighted by Gasteiger charge is 2.18.